The van der Waals surface area contributed by atoms with Crippen LogP contribution in [0.15, 0.2) is 0 Å². The molecule has 1 unspecified atom stereocenters. The molecule has 0 aromatic carbocycles. The fourth-order valence-corrected chi connectivity index (χ4v) is 1.61. The summed E-state index contributed by atoms with van der Waals surface area (Å²) >= 11 is 5.59. The van der Waals surface area contributed by atoms with E-state index in [1.807, 2.05) is 0 Å². The van der Waals surface area contributed by atoms with Gasteiger partial charge in [-0.25, -0.2) is 0 Å². The highest BCUT2D eigenvalue weighted by atomic mass is 35.5. The van der Waals surface area contributed by atoms with E-state index in [1.165, 1.54) is 12.8 Å². The summed E-state index contributed by atoms with van der Waals surface area (Å²) in [4.78, 5) is 9.00. The Kier molecular flexibility index (Phi) is 12.2. The molecule has 0 aliphatic rings. The zero-order valence-corrected chi connectivity index (χ0v) is 12.3. The number of aliphatic carboxylic acids is 1. The molecule has 0 amide bonds. The van der Waals surface area contributed by atoms with Crippen molar-refractivity contribution in [3.8, 4) is 0 Å². The average Bonchev–Trinajstić information content (AvgIpc) is 2.22. The van der Waals surface area contributed by atoms with Crippen molar-refractivity contribution in [2.24, 2.45) is 5.41 Å². The van der Waals surface area contributed by atoms with Crippen LogP contribution in [-0.2, 0) is 4.79 Å². The maximum Gasteiger partial charge on any atom is 0.300 e. The largest absolute Gasteiger partial charge is 0.481 e. The van der Waals surface area contributed by atoms with Crippen LogP contribution in [0.4, 0.5) is 0 Å². The number of rotatable bonds is 7. The second-order valence-electron chi connectivity index (χ2n) is 4.96. The Hall–Kier alpha value is -0.280. The number of halogens is 1. The molecule has 0 spiro atoms. The van der Waals surface area contributed by atoms with Crippen LogP contribution >= 0.6 is 11.6 Å². The van der Waals surface area contributed by atoms with Crippen LogP contribution in [-0.4, -0.2) is 28.2 Å². The normalized spacial score (nSPS) is 12.6. The van der Waals surface area contributed by atoms with E-state index < -0.39 is 5.97 Å². The van der Waals surface area contributed by atoms with E-state index in [0.717, 1.165) is 26.2 Å². The first-order valence-corrected chi connectivity index (χ1v) is 6.75. The minimum Gasteiger partial charge on any atom is -0.481 e. The van der Waals surface area contributed by atoms with E-state index in [4.69, 9.17) is 21.5 Å². The van der Waals surface area contributed by atoms with E-state index in [2.05, 4.69) is 20.8 Å². The van der Waals surface area contributed by atoms with Crippen molar-refractivity contribution in [1.82, 2.24) is 0 Å². The number of carboxylic acid groups (broad SMARTS) is 1. The van der Waals surface area contributed by atoms with Gasteiger partial charge in [0.05, 0.1) is 6.10 Å². The molecular formula is C13H27ClO3. The maximum atomic E-state index is 9.88. The lowest BCUT2D eigenvalue weighted by atomic mass is 9.80. The van der Waals surface area contributed by atoms with Gasteiger partial charge in [-0.1, -0.05) is 33.6 Å². The molecule has 0 saturated heterocycles. The van der Waals surface area contributed by atoms with Gasteiger partial charge in [0.15, 0.2) is 0 Å². The highest BCUT2D eigenvalue weighted by molar-refractivity contribution is 6.17. The number of aliphatic hydroxyl groups is 1. The zero-order valence-electron chi connectivity index (χ0n) is 11.5. The van der Waals surface area contributed by atoms with E-state index in [-0.39, 0.29) is 11.5 Å². The van der Waals surface area contributed by atoms with Crippen molar-refractivity contribution in [1.29, 1.82) is 0 Å². The van der Waals surface area contributed by atoms with Gasteiger partial charge in [-0.15, -0.1) is 11.6 Å². The molecule has 2 N–H and O–H groups in total. The van der Waals surface area contributed by atoms with Crippen molar-refractivity contribution in [2.45, 2.75) is 65.9 Å². The zero-order chi connectivity index (χ0) is 13.9. The Morgan fingerprint density at radius 2 is 1.82 bits per heavy atom. The SMILES string of the molecule is CC(=O)O.CCCCC(C)(C)C(O)CCCCl. The number of carbonyl (C=O) groups is 1. The highest BCUT2D eigenvalue weighted by Gasteiger charge is 2.26. The minimum absolute atomic E-state index is 0.0576. The molecule has 0 fully saturated rings. The summed E-state index contributed by atoms with van der Waals surface area (Å²) in [6, 6.07) is 0. The van der Waals surface area contributed by atoms with Crippen LogP contribution in [0.1, 0.15) is 59.8 Å². The molecule has 4 heteroatoms. The van der Waals surface area contributed by atoms with Gasteiger partial charge in [0.1, 0.15) is 0 Å². The van der Waals surface area contributed by atoms with Gasteiger partial charge in [0, 0.05) is 12.8 Å². The molecular weight excluding hydrogens is 240 g/mol. The molecule has 0 radical (unpaired) electrons. The maximum absolute atomic E-state index is 9.88. The van der Waals surface area contributed by atoms with Gasteiger partial charge in [0.2, 0.25) is 0 Å². The molecule has 0 rings (SSSR count). The van der Waals surface area contributed by atoms with E-state index in [0.29, 0.717) is 5.88 Å². The van der Waals surface area contributed by atoms with Crippen molar-refractivity contribution in [3.63, 3.8) is 0 Å². The van der Waals surface area contributed by atoms with E-state index in [1.54, 1.807) is 0 Å². The molecule has 0 bridgehead atoms. The van der Waals surface area contributed by atoms with Crippen LogP contribution < -0.4 is 0 Å². The minimum atomic E-state index is -0.833. The van der Waals surface area contributed by atoms with Crippen LogP contribution in [0.2, 0.25) is 0 Å². The van der Waals surface area contributed by atoms with Gasteiger partial charge in [0.25, 0.3) is 5.97 Å². The smallest absolute Gasteiger partial charge is 0.300 e. The van der Waals surface area contributed by atoms with Crippen molar-refractivity contribution >= 4 is 17.6 Å². The Labute approximate surface area is 110 Å². The Morgan fingerprint density at radius 3 is 2.18 bits per heavy atom. The topological polar surface area (TPSA) is 57.5 Å². The second kappa shape index (κ2) is 10.8. The third-order valence-corrected chi connectivity index (χ3v) is 2.96. The van der Waals surface area contributed by atoms with Crippen LogP contribution in [0.5, 0.6) is 0 Å². The fraction of sp³-hybridized carbons (Fsp3) is 0.923. The number of alkyl halides is 1. The van der Waals surface area contributed by atoms with Crippen LogP contribution in [0, 0.1) is 5.41 Å². The average molecular weight is 267 g/mol. The molecule has 0 aliphatic heterocycles. The summed E-state index contributed by atoms with van der Waals surface area (Å²) in [5, 5.41) is 17.3. The molecule has 0 aromatic heterocycles. The van der Waals surface area contributed by atoms with Crippen molar-refractivity contribution in [2.75, 3.05) is 5.88 Å². The standard InChI is InChI=1S/C11H23ClO.C2H4O2/c1-4-5-8-11(2,3)10(13)7-6-9-12;1-2(3)4/h10,13H,4-9H2,1-3H3;1H3,(H,3,4). The number of hydrogen-bond acceptors (Lipinski definition) is 2. The van der Waals surface area contributed by atoms with Crippen molar-refractivity contribution < 1.29 is 15.0 Å². The van der Waals surface area contributed by atoms with E-state index in [9.17, 15) is 5.11 Å². The third-order valence-electron chi connectivity index (χ3n) is 2.69. The molecule has 3 nitrogen and oxygen atoms in total. The highest BCUT2D eigenvalue weighted by Crippen LogP contribution is 2.30. The van der Waals surface area contributed by atoms with Gasteiger partial charge in [-0.05, 0) is 24.7 Å². The molecule has 0 heterocycles. The summed E-state index contributed by atoms with van der Waals surface area (Å²) in [6.45, 7) is 7.55. The summed E-state index contributed by atoms with van der Waals surface area (Å²) in [7, 11) is 0. The van der Waals surface area contributed by atoms with Gasteiger partial charge in [-0.2, -0.15) is 0 Å². The van der Waals surface area contributed by atoms with Gasteiger partial charge >= 0.3 is 0 Å². The van der Waals surface area contributed by atoms with Gasteiger partial charge in [-0.3, -0.25) is 4.79 Å². The quantitative estimate of drug-likeness (QED) is 0.691. The molecule has 0 aromatic rings. The Balaban J connectivity index is 0. The fourth-order valence-electron chi connectivity index (χ4n) is 1.46. The van der Waals surface area contributed by atoms with Crippen molar-refractivity contribution in [3.05, 3.63) is 0 Å². The lowest BCUT2D eigenvalue weighted by Crippen LogP contribution is -2.29. The van der Waals surface area contributed by atoms with Crippen LogP contribution in [0.3, 0.4) is 0 Å². The predicted octanol–water partition coefficient (Wildman–Crippen LogP) is 3.67. The first-order valence-electron chi connectivity index (χ1n) is 6.21. The second-order valence-corrected chi connectivity index (χ2v) is 5.34. The van der Waals surface area contributed by atoms with E-state index >= 15 is 0 Å². The van der Waals surface area contributed by atoms with Crippen LogP contribution in [0.25, 0.3) is 0 Å². The van der Waals surface area contributed by atoms with Gasteiger partial charge < -0.3 is 10.2 Å². The number of hydrogen-bond donors (Lipinski definition) is 2. The molecule has 0 aliphatic carbocycles. The first-order chi connectivity index (χ1) is 7.77. The molecule has 1 atom stereocenters. The summed E-state index contributed by atoms with van der Waals surface area (Å²) in [6.07, 6.45) is 5.06. The number of unbranched alkanes of at least 4 members (excludes halogenated alkanes) is 1. The molecule has 104 valence electrons. The molecule has 17 heavy (non-hydrogen) atoms. The number of aliphatic hydroxyl groups excluding tert-OH is 1. The Morgan fingerprint density at radius 1 is 1.35 bits per heavy atom. The Bertz CT molecular complexity index is 189. The lowest BCUT2D eigenvalue weighted by molar-refractivity contribution is -0.134. The summed E-state index contributed by atoms with van der Waals surface area (Å²) < 4.78 is 0. The first kappa shape index (κ1) is 19.1. The predicted molar refractivity (Wildman–Crippen MR) is 72.6 cm³/mol. The lowest BCUT2D eigenvalue weighted by Gasteiger charge is -2.30. The molecule has 0 saturated carbocycles. The third kappa shape index (κ3) is 13.7. The summed E-state index contributed by atoms with van der Waals surface area (Å²) in [5.74, 6) is -0.180. The number of carboxylic acids is 1. The summed E-state index contributed by atoms with van der Waals surface area (Å²) in [5.41, 5.74) is 0.0576. The monoisotopic (exact) mass is 266 g/mol.